The van der Waals surface area contributed by atoms with Gasteiger partial charge in [-0.3, -0.25) is 4.79 Å². The second-order valence-corrected chi connectivity index (χ2v) is 4.24. The van der Waals surface area contributed by atoms with Crippen LogP contribution >= 0.6 is 0 Å². The van der Waals surface area contributed by atoms with E-state index >= 15 is 0 Å². The zero-order chi connectivity index (χ0) is 13.0. The third kappa shape index (κ3) is 3.44. The molecule has 0 aliphatic heterocycles. The van der Waals surface area contributed by atoms with Crippen molar-refractivity contribution in [2.24, 2.45) is 0 Å². The molecule has 1 aromatic carbocycles. The maximum Gasteiger partial charge on any atom is 0.226 e. The Morgan fingerprint density at radius 2 is 2.12 bits per heavy atom. The third-order valence-electron chi connectivity index (χ3n) is 2.74. The molecule has 0 saturated heterocycles. The Balaban J connectivity index is 2.76. The lowest BCUT2D eigenvalue weighted by molar-refractivity contribution is -0.130. The number of nitrogens with zero attached hydrogens (tertiary/aromatic N) is 1. The summed E-state index contributed by atoms with van der Waals surface area (Å²) in [6.45, 7) is 3.87. The largest absolute Gasteiger partial charge is 0.494 e. The van der Waals surface area contributed by atoms with Crippen LogP contribution in [0.25, 0.3) is 0 Å². The number of ether oxygens (including phenoxy) is 1. The lowest BCUT2D eigenvalue weighted by atomic mass is 10.1. The van der Waals surface area contributed by atoms with E-state index in [9.17, 15) is 9.18 Å². The molecule has 4 heteroatoms. The van der Waals surface area contributed by atoms with Gasteiger partial charge in [-0.25, -0.2) is 4.39 Å². The Morgan fingerprint density at radius 3 is 2.59 bits per heavy atom. The lowest BCUT2D eigenvalue weighted by Gasteiger charge is -2.21. The molecule has 0 aliphatic rings. The van der Waals surface area contributed by atoms with E-state index in [2.05, 4.69) is 0 Å². The van der Waals surface area contributed by atoms with E-state index in [1.807, 2.05) is 13.8 Å². The monoisotopic (exact) mass is 239 g/mol. The average Bonchev–Trinajstić information content (AvgIpc) is 2.28. The summed E-state index contributed by atoms with van der Waals surface area (Å²) in [4.78, 5) is 13.4. The summed E-state index contributed by atoms with van der Waals surface area (Å²) < 4.78 is 18.2. The first kappa shape index (κ1) is 13.5. The Labute approximate surface area is 101 Å². The van der Waals surface area contributed by atoms with Crippen molar-refractivity contribution in [3.8, 4) is 5.75 Å². The summed E-state index contributed by atoms with van der Waals surface area (Å²) in [5.74, 6) is -0.270. The first-order valence-corrected chi connectivity index (χ1v) is 5.53. The fourth-order valence-corrected chi connectivity index (χ4v) is 1.41. The number of rotatable bonds is 4. The molecule has 0 spiro atoms. The minimum atomic E-state index is -0.440. The smallest absolute Gasteiger partial charge is 0.226 e. The van der Waals surface area contributed by atoms with Gasteiger partial charge in [0, 0.05) is 13.1 Å². The normalized spacial score (nSPS) is 10.5. The van der Waals surface area contributed by atoms with Gasteiger partial charge >= 0.3 is 0 Å². The topological polar surface area (TPSA) is 29.5 Å². The van der Waals surface area contributed by atoms with Gasteiger partial charge in [-0.2, -0.15) is 0 Å². The van der Waals surface area contributed by atoms with Crippen LogP contribution in [0.5, 0.6) is 5.75 Å². The van der Waals surface area contributed by atoms with Gasteiger partial charge in [-0.15, -0.1) is 0 Å². The maximum atomic E-state index is 13.4. The number of carbonyl (C=O) groups is 1. The van der Waals surface area contributed by atoms with Crippen LogP contribution < -0.4 is 4.74 Å². The third-order valence-corrected chi connectivity index (χ3v) is 2.74. The van der Waals surface area contributed by atoms with E-state index in [1.165, 1.54) is 19.2 Å². The van der Waals surface area contributed by atoms with Crippen LogP contribution in [0.3, 0.4) is 0 Å². The molecule has 0 unspecified atom stereocenters. The average molecular weight is 239 g/mol. The van der Waals surface area contributed by atoms with Crippen LogP contribution in [-0.4, -0.2) is 31.0 Å². The SMILES string of the molecule is COc1ccc(CC(=O)N(C)C(C)C)cc1F. The van der Waals surface area contributed by atoms with Crippen LogP contribution in [0.1, 0.15) is 19.4 Å². The molecule has 0 atom stereocenters. The zero-order valence-electron chi connectivity index (χ0n) is 10.7. The number of benzene rings is 1. The Bertz CT molecular complexity index is 404. The zero-order valence-corrected chi connectivity index (χ0v) is 10.7. The fraction of sp³-hybridized carbons (Fsp3) is 0.462. The Morgan fingerprint density at radius 1 is 1.47 bits per heavy atom. The number of amides is 1. The van der Waals surface area contributed by atoms with Gasteiger partial charge < -0.3 is 9.64 Å². The minimum Gasteiger partial charge on any atom is -0.494 e. The number of carbonyl (C=O) groups excluding carboxylic acids is 1. The van der Waals surface area contributed by atoms with Crippen LogP contribution in [-0.2, 0) is 11.2 Å². The molecule has 1 rings (SSSR count). The van der Waals surface area contributed by atoms with Crippen molar-refractivity contribution in [3.05, 3.63) is 29.6 Å². The van der Waals surface area contributed by atoms with Gasteiger partial charge in [-0.05, 0) is 31.5 Å². The van der Waals surface area contributed by atoms with Crippen molar-refractivity contribution in [1.82, 2.24) is 4.90 Å². The van der Waals surface area contributed by atoms with Crippen molar-refractivity contribution < 1.29 is 13.9 Å². The Kier molecular flexibility index (Phi) is 4.49. The number of methoxy groups -OCH3 is 1. The van der Waals surface area contributed by atoms with E-state index in [0.29, 0.717) is 5.56 Å². The molecule has 0 fully saturated rings. The van der Waals surface area contributed by atoms with Crippen molar-refractivity contribution >= 4 is 5.91 Å². The molecule has 0 aliphatic carbocycles. The molecule has 94 valence electrons. The Hall–Kier alpha value is -1.58. The standard InChI is InChI=1S/C13H18FNO2/c1-9(2)15(3)13(16)8-10-5-6-12(17-4)11(14)7-10/h5-7,9H,8H2,1-4H3. The second kappa shape index (κ2) is 5.66. The molecule has 3 nitrogen and oxygen atoms in total. The van der Waals surface area contributed by atoms with Gasteiger partial charge in [-0.1, -0.05) is 6.07 Å². The highest BCUT2D eigenvalue weighted by molar-refractivity contribution is 5.78. The molecule has 0 aromatic heterocycles. The molecular formula is C13H18FNO2. The highest BCUT2D eigenvalue weighted by Gasteiger charge is 2.13. The highest BCUT2D eigenvalue weighted by atomic mass is 19.1. The summed E-state index contributed by atoms with van der Waals surface area (Å²) in [6, 6.07) is 4.72. The molecule has 0 bridgehead atoms. The van der Waals surface area contributed by atoms with Gasteiger partial charge in [0.25, 0.3) is 0 Å². The molecule has 0 radical (unpaired) electrons. The summed E-state index contributed by atoms with van der Waals surface area (Å²) in [7, 11) is 3.16. The number of likely N-dealkylation sites (N-methyl/N-ethyl adjacent to an activating group) is 1. The summed E-state index contributed by atoms with van der Waals surface area (Å²) >= 11 is 0. The molecule has 1 aromatic rings. The van der Waals surface area contributed by atoms with Gasteiger partial charge in [0.1, 0.15) is 0 Å². The van der Waals surface area contributed by atoms with E-state index in [4.69, 9.17) is 4.74 Å². The highest BCUT2D eigenvalue weighted by Crippen LogP contribution is 2.18. The quantitative estimate of drug-likeness (QED) is 0.806. The fourth-order valence-electron chi connectivity index (χ4n) is 1.41. The lowest BCUT2D eigenvalue weighted by Crippen LogP contribution is -2.34. The van der Waals surface area contributed by atoms with Gasteiger partial charge in [0.05, 0.1) is 13.5 Å². The van der Waals surface area contributed by atoms with Crippen LogP contribution in [0.15, 0.2) is 18.2 Å². The van der Waals surface area contributed by atoms with E-state index in [1.54, 1.807) is 18.0 Å². The molecule has 0 heterocycles. The summed E-state index contributed by atoms with van der Waals surface area (Å²) in [5.41, 5.74) is 0.654. The van der Waals surface area contributed by atoms with Gasteiger partial charge in [0.2, 0.25) is 5.91 Å². The van der Waals surface area contributed by atoms with Crippen molar-refractivity contribution in [2.45, 2.75) is 26.3 Å². The van der Waals surface area contributed by atoms with Crippen LogP contribution in [0.4, 0.5) is 4.39 Å². The summed E-state index contributed by atoms with van der Waals surface area (Å²) in [5, 5.41) is 0. The molecule has 0 saturated carbocycles. The molecule has 0 N–H and O–H groups in total. The predicted octanol–water partition coefficient (Wildman–Crippen LogP) is 2.24. The second-order valence-electron chi connectivity index (χ2n) is 4.24. The van der Waals surface area contributed by atoms with Crippen LogP contribution in [0.2, 0.25) is 0 Å². The van der Waals surface area contributed by atoms with E-state index in [0.717, 1.165) is 0 Å². The molecular weight excluding hydrogens is 221 g/mol. The number of hydrogen-bond donors (Lipinski definition) is 0. The van der Waals surface area contributed by atoms with Crippen molar-refractivity contribution in [1.29, 1.82) is 0 Å². The predicted molar refractivity (Wildman–Crippen MR) is 64.6 cm³/mol. The molecule has 17 heavy (non-hydrogen) atoms. The molecule has 1 amide bonds. The van der Waals surface area contributed by atoms with E-state index < -0.39 is 5.82 Å². The van der Waals surface area contributed by atoms with E-state index in [-0.39, 0.29) is 24.1 Å². The van der Waals surface area contributed by atoms with Crippen molar-refractivity contribution in [3.63, 3.8) is 0 Å². The number of hydrogen-bond acceptors (Lipinski definition) is 2. The van der Waals surface area contributed by atoms with Gasteiger partial charge in [0.15, 0.2) is 11.6 Å². The maximum absolute atomic E-state index is 13.4. The first-order chi connectivity index (χ1) is 7.95. The van der Waals surface area contributed by atoms with Crippen LogP contribution in [0, 0.1) is 5.82 Å². The minimum absolute atomic E-state index is 0.0235. The van der Waals surface area contributed by atoms with Crippen molar-refractivity contribution in [2.75, 3.05) is 14.2 Å². The summed E-state index contributed by atoms with van der Waals surface area (Å²) in [6.07, 6.45) is 0.204. The first-order valence-electron chi connectivity index (χ1n) is 5.53. The number of halogens is 1.